The normalized spacial score (nSPS) is 19.0. The molecule has 0 spiro atoms. The van der Waals surface area contributed by atoms with Gasteiger partial charge in [0.1, 0.15) is 0 Å². The first-order chi connectivity index (χ1) is 6.40. The van der Waals surface area contributed by atoms with E-state index in [0.717, 1.165) is 19.5 Å². The zero-order chi connectivity index (χ0) is 10.8. The van der Waals surface area contributed by atoms with Gasteiger partial charge < -0.3 is 14.9 Å². The van der Waals surface area contributed by atoms with Crippen LogP contribution in [-0.4, -0.2) is 53.2 Å². The van der Waals surface area contributed by atoms with Crippen molar-refractivity contribution in [2.24, 2.45) is 0 Å². The molecule has 0 bridgehead atoms. The lowest BCUT2D eigenvalue weighted by Crippen LogP contribution is -2.48. The van der Waals surface area contributed by atoms with Gasteiger partial charge in [-0.2, -0.15) is 0 Å². The van der Waals surface area contributed by atoms with Gasteiger partial charge >= 0.3 is 6.03 Å². The third kappa shape index (κ3) is 3.18. The van der Waals surface area contributed by atoms with Crippen molar-refractivity contribution >= 4 is 6.03 Å². The molecule has 0 aromatic rings. The van der Waals surface area contributed by atoms with Crippen LogP contribution in [0, 0.1) is 0 Å². The van der Waals surface area contributed by atoms with E-state index in [1.807, 2.05) is 11.9 Å². The maximum Gasteiger partial charge on any atom is 0.319 e. The fourth-order valence-corrected chi connectivity index (χ4v) is 1.55. The Bertz CT molecular complexity index is 211. The maximum atomic E-state index is 11.6. The Morgan fingerprint density at radius 1 is 1.43 bits per heavy atom. The van der Waals surface area contributed by atoms with E-state index in [0.29, 0.717) is 13.0 Å². The predicted octanol–water partition coefficient (Wildman–Crippen LogP) is 0.905. The van der Waals surface area contributed by atoms with Crippen molar-refractivity contribution < 1.29 is 9.90 Å². The molecule has 82 valence electrons. The van der Waals surface area contributed by atoms with Crippen LogP contribution in [0.2, 0.25) is 0 Å². The second-order valence-corrected chi connectivity index (χ2v) is 4.61. The molecule has 4 nitrogen and oxygen atoms in total. The Kier molecular flexibility index (Phi) is 3.37. The Morgan fingerprint density at radius 2 is 2.07 bits per heavy atom. The largest absolute Gasteiger partial charge is 0.390 e. The molecule has 0 radical (unpaired) electrons. The quantitative estimate of drug-likeness (QED) is 0.735. The van der Waals surface area contributed by atoms with Gasteiger partial charge in [0.15, 0.2) is 0 Å². The lowest BCUT2D eigenvalue weighted by molar-refractivity contribution is 0.0561. The molecule has 4 heteroatoms. The molecule has 1 aliphatic heterocycles. The SMILES string of the molecule is CN1CCCN(CCC(C)(C)O)C1=O. The minimum absolute atomic E-state index is 0.0838. The molecule has 1 heterocycles. The number of carbonyl (C=O) groups excluding carboxylic acids is 1. The summed E-state index contributed by atoms with van der Waals surface area (Å²) in [7, 11) is 1.82. The summed E-state index contributed by atoms with van der Waals surface area (Å²) in [4.78, 5) is 15.1. The van der Waals surface area contributed by atoms with Gasteiger partial charge in [-0.25, -0.2) is 4.79 Å². The fraction of sp³-hybridized carbons (Fsp3) is 0.900. The number of nitrogens with zero attached hydrogens (tertiary/aromatic N) is 2. The van der Waals surface area contributed by atoms with E-state index in [4.69, 9.17) is 0 Å². The summed E-state index contributed by atoms with van der Waals surface area (Å²) in [6.45, 7) is 5.85. The van der Waals surface area contributed by atoms with Crippen molar-refractivity contribution in [3.8, 4) is 0 Å². The van der Waals surface area contributed by atoms with E-state index in [1.54, 1.807) is 18.7 Å². The number of hydrogen-bond donors (Lipinski definition) is 1. The lowest BCUT2D eigenvalue weighted by Gasteiger charge is -2.34. The Hall–Kier alpha value is -0.770. The molecule has 0 aromatic heterocycles. The highest BCUT2D eigenvalue weighted by molar-refractivity contribution is 5.74. The molecule has 14 heavy (non-hydrogen) atoms. The first-order valence-corrected chi connectivity index (χ1v) is 5.12. The van der Waals surface area contributed by atoms with Gasteiger partial charge in [0, 0.05) is 26.7 Å². The topological polar surface area (TPSA) is 43.8 Å². The van der Waals surface area contributed by atoms with Crippen LogP contribution in [0.4, 0.5) is 4.79 Å². The minimum Gasteiger partial charge on any atom is -0.390 e. The standard InChI is InChI=1S/C10H20N2O2/c1-10(2,14)5-8-12-7-4-6-11(3)9(12)13/h14H,4-8H2,1-3H3. The molecule has 1 rings (SSSR count). The molecule has 0 aromatic carbocycles. The van der Waals surface area contributed by atoms with Gasteiger partial charge in [0.25, 0.3) is 0 Å². The second kappa shape index (κ2) is 4.17. The first kappa shape index (κ1) is 11.3. The van der Waals surface area contributed by atoms with Gasteiger partial charge in [0.2, 0.25) is 0 Å². The summed E-state index contributed by atoms with van der Waals surface area (Å²) in [5.41, 5.74) is -0.684. The van der Waals surface area contributed by atoms with Gasteiger partial charge in [-0.05, 0) is 26.7 Å². The van der Waals surface area contributed by atoms with E-state index in [2.05, 4.69) is 0 Å². The second-order valence-electron chi connectivity index (χ2n) is 4.61. The van der Waals surface area contributed by atoms with Crippen molar-refractivity contribution in [1.29, 1.82) is 0 Å². The third-order valence-corrected chi connectivity index (χ3v) is 2.51. The van der Waals surface area contributed by atoms with Gasteiger partial charge in [-0.3, -0.25) is 0 Å². The summed E-state index contributed by atoms with van der Waals surface area (Å²) in [6.07, 6.45) is 1.65. The zero-order valence-electron chi connectivity index (χ0n) is 9.29. The fourth-order valence-electron chi connectivity index (χ4n) is 1.55. The van der Waals surface area contributed by atoms with E-state index >= 15 is 0 Å². The number of hydrogen-bond acceptors (Lipinski definition) is 2. The van der Waals surface area contributed by atoms with E-state index in [-0.39, 0.29) is 6.03 Å². The Morgan fingerprint density at radius 3 is 2.64 bits per heavy atom. The van der Waals surface area contributed by atoms with Crippen molar-refractivity contribution in [3.63, 3.8) is 0 Å². The van der Waals surface area contributed by atoms with E-state index in [9.17, 15) is 9.90 Å². The average molecular weight is 200 g/mol. The Labute approximate surface area is 85.5 Å². The van der Waals surface area contributed by atoms with Crippen LogP contribution in [0.1, 0.15) is 26.7 Å². The highest BCUT2D eigenvalue weighted by Crippen LogP contribution is 2.12. The third-order valence-electron chi connectivity index (χ3n) is 2.51. The van der Waals surface area contributed by atoms with Gasteiger partial charge in [-0.15, -0.1) is 0 Å². The summed E-state index contributed by atoms with van der Waals surface area (Å²) in [6, 6.07) is 0.0838. The highest BCUT2D eigenvalue weighted by atomic mass is 16.3. The summed E-state index contributed by atoms with van der Waals surface area (Å²) < 4.78 is 0. The molecule has 1 aliphatic rings. The van der Waals surface area contributed by atoms with Crippen LogP contribution in [0.5, 0.6) is 0 Å². The van der Waals surface area contributed by atoms with Crippen molar-refractivity contribution in [2.45, 2.75) is 32.3 Å². The van der Waals surface area contributed by atoms with Crippen LogP contribution in [0.25, 0.3) is 0 Å². The number of urea groups is 1. The number of aliphatic hydroxyl groups is 1. The smallest absolute Gasteiger partial charge is 0.319 e. The summed E-state index contributed by atoms with van der Waals surface area (Å²) in [5.74, 6) is 0. The molecule has 2 amide bonds. The molecular formula is C10H20N2O2. The summed E-state index contributed by atoms with van der Waals surface area (Å²) in [5, 5.41) is 9.55. The zero-order valence-corrected chi connectivity index (χ0v) is 9.29. The van der Waals surface area contributed by atoms with Crippen LogP contribution in [0.15, 0.2) is 0 Å². The number of amides is 2. The highest BCUT2D eigenvalue weighted by Gasteiger charge is 2.24. The molecule has 0 aliphatic carbocycles. The van der Waals surface area contributed by atoms with Crippen LogP contribution in [0.3, 0.4) is 0 Å². The lowest BCUT2D eigenvalue weighted by atomic mass is 10.1. The molecule has 0 saturated carbocycles. The van der Waals surface area contributed by atoms with Crippen LogP contribution >= 0.6 is 0 Å². The van der Waals surface area contributed by atoms with E-state index in [1.165, 1.54) is 0 Å². The van der Waals surface area contributed by atoms with Gasteiger partial charge in [0.05, 0.1) is 5.60 Å². The monoisotopic (exact) mass is 200 g/mol. The first-order valence-electron chi connectivity index (χ1n) is 5.12. The maximum absolute atomic E-state index is 11.6. The van der Waals surface area contributed by atoms with Crippen LogP contribution < -0.4 is 0 Å². The molecule has 0 atom stereocenters. The van der Waals surface area contributed by atoms with Crippen molar-refractivity contribution in [2.75, 3.05) is 26.7 Å². The predicted molar refractivity (Wildman–Crippen MR) is 55.1 cm³/mol. The summed E-state index contributed by atoms with van der Waals surface area (Å²) >= 11 is 0. The van der Waals surface area contributed by atoms with Gasteiger partial charge in [-0.1, -0.05) is 0 Å². The number of rotatable bonds is 3. The molecule has 1 saturated heterocycles. The van der Waals surface area contributed by atoms with Crippen molar-refractivity contribution in [3.05, 3.63) is 0 Å². The Balaban J connectivity index is 2.40. The van der Waals surface area contributed by atoms with E-state index < -0.39 is 5.60 Å². The average Bonchev–Trinajstić information content (AvgIpc) is 2.06. The molecule has 1 fully saturated rings. The number of carbonyl (C=O) groups is 1. The van der Waals surface area contributed by atoms with Crippen molar-refractivity contribution in [1.82, 2.24) is 9.80 Å². The molecule has 0 unspecified atom stereocenters. The minimum atomic E-state index is -0.684. The van der Waals surface area contributed by atoms with Crippen LogP contribution in [-0.2, 0) is 0 Å². The molecule has 1 N–H and O–H groups in total. The molecular weight excluding hydrogens is 180 g/mol.